The molecule has 1 fully saturated rings. The van der Waals surface area contributed by atoms with E-state index in [9.17, 15) is 18.0 Å². The highest BCUT2D eigenvalue weighted by molar-refractivity contribution is 7.89. The Morgan fingerprint density at radius 1 is 1.07 bits per heavy atom. The monoisotopic (exact) mass is 416 g/mol. The van der Waals surface area contributed by atoms with Crippen LogP contribution in [-0.2, 0) is 28.3 Å². The van der Waals surface area contributed by atoms with Gasteiger partial charge in [-0.05, 0) is 49.1 Å². The van der Waals surface area contributed by atoms with Gasteiger partial charge in [0.05, 0.1) is 0 Å². The zero-order chi connectivity index (χ0) is 20.8. The van der Waals surface area contributed by atoms with Crippen LogP contribution in [-0.4, -0.2) is 48.7 Å². The van der Waals surface area contributed by atoms with Crippen LogP contribution >= 0.6 is 0 Å². The van der Waals surface area contributed by atoms with Crippen LogP contribution in [0.15, 0.2) is 35.4 Å². The van der Waals surface area contributed by atoms with E-state index in [1.807, 2.05) is 12.1 Å². The SMILES string of the molecule is CC(=O)N1CCc2cc(NC(=O)c3cc(S(=O)(=O)N4CCCC4)cn3C)ccc21. The average Bonchev–Trinajstić information content (AvgIpc) is 3.40. The second-order valence-electron chi connectivity index (χ2n) is 7.50. The minimum absolute atomic E-state index is 0.00362. The molecule has 8 nitrogen and oxygen atoms in total. The molecule has 2 aliphatic heterocycles. The Labute approximate surface area is 170 Å². The van der Waals surface area contributed by atoms with Crippen LogP contribution < -0.4 is 10.2 Å². The third kappa shape index (κ3) is 3.56. The lowest BCUT2D eigenvalue weighted by molar-refractivity contribution is -0.116. The van der Waals surface area contributed by atoms with Crippen LogP contribution in [0.3, 0.4) is 0 Å². The first-order valence-corrected chi connectivity index (χ1v) is 11.1. The fourth-order valence-corrected chi connectivity index (χ4v) is 5.57. The highest BCUT2D eigenvalue weighted by atomic mass is 32.2. The van der Waals surface area contributed by atoms with E-state index in [2.05, 4.69) is 5.32 Å². The molecule has 0 bridgehead atoms. The molecule has 0 atom stereocenters. The minimum Gasteiger partial charge on any atom is -0.345 e. The summed E-state index contributed by atoms with van der Waals surface area (Å²) in [6.45, 7) is 3.21. The molecule has 0 spiro atoms. The van der Waals surface area contributed by atoms with Crippen molar-refractivity contribution < 1.29 is 18.0 Å². The molecule has 1 aromatic heterocycles. The van der Waals surface area contributed by atoms with Crippen molar-refractivity contribution in [1.29, 1.82) is 0 Å². The molecule has 9 heteroatoms. The maximum Gasteiger partial charge on any atom is 0.272 e. The van der Waals surface area contributed by atoms with E-state index in [0.29, 0.717) is 25.3 Å². The zero-order valence-corrected chi connectivity index (χ0v) is 17.3. The molecule has 29 heavy (non-hydrogen) atoms. The Balaban J connectivity index is 1.54. The van der Waals surface area contributed by atoms with Crippen molar-refractivity contribution >= 4 is 33.2 Å². The Bertz CT molecular complexity index is 1080. The van der Waals surface area contributed by atoms with Gasteiger partial charge in [0, 0.05) is 51.2 Å². The standard InChI is InChI=1S/C20H24N4O4S/c1-14(25)24-10-7-15-11-16(5-6-18(15)24)21-20(26)19-12-17(13-22(19)2)29(27,28)23-8-3-4-9-23/h5-6,11-13H,3-4,7-10H2,1-2H3,(H,21,26). The van der Waals surface area contributed by atoms with Crippen LogP contribution in [0.1, 0.15) is 35.8 Å². The highest BCUT2D eigenvalue weighted by Gasteiger charge is 2.29. The van der Waals surface area contributed by atoms with Gasteiger partial charge in [-0.1, -0.05) is 0 Å². The fourth-order valence-electron chi connectivity index (χ4n) is 3.98. The van der Waals surface area contributed by atoms with E-state index in [1.165, 1.54) is 28.1 Å². The molecule has 1 saturated heterocycles. The molecule has 2 aliphatic rings. The van der Waals surface area contributed by atoms with Gasteiger partial charge in [-0.2, -0.15) is 4.31 Å². The smallest absolute Gasteiger partial charge is 0.272 e. The number of aromatic nitrogens is 1. The second kappa shape index (κ2) is 7.31. The molecule has 0 saturated carbocycles. The van der Waals surface area contributed by atoms with Crippen molar-refractivity contribution in [2.24, 2.45) is 7.05 Å². The number of nitrogens with zero attached hydrogens (tertiary/aromatic N) is 3. The molecule has 2 amide bonds. The number of nitrogens with one attached hydrogen (secondary N) is 1. The molecular weight excluding hydrogens is 392 g/mol. The Hall–Kier alpha value is -2.65. The minimum atomic E-state index is -3.57. The third-order valence-corrected chi connectivity index (χ3v) is 7.39. The van der Waals surface area contributed by atoms with Gasteiger partial charge in [-0.3, -0.25) is 9.59 Å². The molecule has 1 aromatic carbocycles. The van der Waals surface area contributed by atoms with E-state index in [0.717, 1.165) is 30.5 Å². The van der Waals surface area contributed by atoms with E-state index >= 15 is 0 Å². The summed E-state index contributed by atoms with van der Waals surface area (Å²) < 4.78 is 28.5. The van der Waals surface area contributed by atoms with Gasteiger partial charge in [0.1, 0.15) is 10.6 Å². The van der Waals surface area contributed by atoms with Gasteiger partial charge in [0.25, 0.3) is 5.91 Å². The lowest BCUT2D eigenvalue weighted by atomic mass is 10.1. The number of carbonyl (C=O) groups excluding carboxylic acids is 2. The van der Waals surface area contributed by atoms with Crippen molar-refractivity contribution in [2.75, 3.05) is 29.9 Å². The third-order valence-electron chi connectivity index (χ3n) is 5.53. The van der Waals surface area contributed by atoms with Crippen molar-refractivity contribution in [1.82, 2.24) is 8.87 Å². The summed E-state index contributed by atoms with van der Waals surface area (Å²) in [6, 6.07) is 6.87. The summed E-state index contributed by atoms with van der Waals surface area (Å²) in [6.07, 6.45) is 3.94. The molecule has 3 heterocycles. The van der Waals surface area contributed by atoms with Crippen LogP contribution in [0.4, 0.5) is 11.4 Å². The van der Waals surface area contributed by atoms with Crippen molar-refractivity contribution in [3.8, 4) is 0 Å². The maximum atomic E-state index is 12.8. The number of rotatable bonds is 4. The van der Waals surface area contributed by atoms with Gasteiger partial charge < -0.3 is 14.8 Å². The molecular formula is C20H24N4O4S. The largest absolute Gasteiger partial charge is 0.345 e. The Morgan fingerprint density at radius 3 is 2.48 bits per heavy atom. The fraction of sp³-hybridized carbons (Fsp3) is 0.400. The Morgan fingerprint density at radius 2 is 1.79 bits per heavy atom. The molecule has 4 rings (SSSR count). The maximum absolute atomic E-state index is 12.8. The van der Waals surface area contributed by atoms with Crippen LogP contribution in [0, 0.1) is 0 Å². The van der Waals surface area contributed by atoms with Crippen molar-refractivity contribution in [2.45, 2.75) is 31.1 Å². The van der Waals surface area contributed by atoms with E-state index in [4.69, 9.17) is 0 Å². The van der Waals surface area contributed by atoms with Crippen LogP contribution in [0.5, 0.6) is 0 Å². The lowest BCUT2D eigenvalue weighted by Gasteiger charge is -2.15. The quantitative estimate of drug-likeness (QED) is 0.825. The van der Waals surface area contributed by atoms with E-state index in [-0.39, 0.29) is 22.4 Å². The summed E-state index contributed by atoms with van der Waals surface area (Å²) in [4.78, 5) is 26.3. The second-order valence-corrected chi connectivity index (χ2v) is 9.44. The van der Waals surface area contributed by atoms with Gasteiger partial charge in [0.2, 0.25) is 15.9 Å². The highest BCUT2D eigenvalue weighted by Crippen LogP contribution is 2.31. The number of benzene rings is 1. The predicted octanol–water partition coefficient (Wildman–Crippen LogP) is 1.97. The van der Waals surface area contributed by atoms with Gasteiger partial charge in [0.15, 0.2) is 0 Å². The zero-order valence-electron chi connectivity index (χ0n) is 16.5. The summed E-state index contributed by atoms with van der Waals surface area (Å²) in [5.74, 6) is -0.382. The molecule has 0 radical (unpaired) electrons. The average molecular weight is 417 g/mol. The van der Waals surface area contributed by atoms with Crippen molar-refractivity contribution in [3.05, 3.63) is 41.7 Å². The molecule has 0 aliphatic carbocycles. The first kappa shape index (κ1) is 19.7. The predicted molar refractivity (Wildman–Crippen MR) is 110 cm³/mol. The summed E-state index contributed by atoms with van der Waals surface area (Å²) in [5, 5.41) is 2.84. The first-order valence-electron chi connectivity index (χ1n) is 9.66. The number of amides is 2. The van der Waals surface area contributed by atoms with Crippen molar-refractivity contribution in [3.63, 3.8) is 0 Å². The number of hydrogen-bond donors (Lipinski definition) is 1. The summed E-state index contributed by atoms with van der Waals surface area (Å²) in [7, 11) is -1.92. The van der Waals surface area contributed by atoms with Gasteiger partial charge in [-0.25, -0.2) is 8.42 Å². The van der Waals surface area contributed by atoms with Crippen LogP contribution in [0.25, 0.3) is 0 Å². The van der Waals surface area contributed by atoms with E-state index < -0.39 is 10.0 Å². The van der Waals surface area contributed by atoms with Gasteiger partial charge in [-0.15, -0.1) is 0 Å². The number of carbonyl (C=O) groups is 2. The van der Waals surface area contributed by atoms with Crippen LogP contribution in [0.2, 0.25) is 0 Å². The lowest BCUT2D eigenvalue weighted by Crippen LogP contribution is -2.27. The number of sulfonamides is 1. The summed E-state index contributed by atoms with van der Waals surface area (Å²) in [5.41, 5.74) is 2.76. The number of aryl methyl sites for hydroxylation is 1. The number of fused-ring (bicyclic) bond motifs is 1. The molecule has 1 N–H and O–H groups in total. The molecule has 154 valence electrons. The summed E-state index contributed by atoms with van der Waals surface area (Å²) >= 11 is 0. The topological polar surface area (TPSA) is 91.7 Å². The number of hydrogen-bond acceptors (Lipinski definition) is 4. The number of anilines is 2. The normalized spacial score (nSPS) is 16.8. The molecule has 2 aromatic rings. The van der Waals surface area contributed by atoms with Gasteiger partial charge >= 0.3 is 0 Å². The Kier molecular flexibility index (Phi) is 4.95. The molecule has 0 unspecified atom stereocenters. The first-order chi connectivity index (χ1) is 13.8. The van der Waals surface area contributed by atoms with E-state index in [1.54, 1.807) is 18.0 Å².